The van der Waals surface area contributed by atoms with Gasteiger partial charge in [0.15, 0.2) is 0 Å². The van der Waals surface area contributed by atoms with Gasteiger partial charge in [-0.25, -0.2) is 4.79 Å². The van der Waals surface area contributed by atoms with E-state index in [1.165, 1.54) is 31.9 Å². The summed E-state index contributed by atoms with van der Waals surface area (Å²) in [5, 5.41) is 2.33. The van der Waals surface area contributed by atoms with Gasteiger partial charge in [-0.2, -0.15) is 0 Å². The number of nitrogens with one attached hydrogen (secondary N) is 1. The fourth-order valence-corrected chi connectivity index (χ4v) is 1.10. The van der Waals surface area contributed by atoms with E-state index in [1.807, 2.05) is 0 Å². The fourth-order valence-electron chi connectivity index (χ4n) is 1.10. The van der Waals surface area contributed by atoms with Crippen molar-refractivity contribution < 1.29 is 4.79 Å². The van der Waals surface area contributed by atoms with E-state index >= 15 is 0 Å². The van der Waals surface area contributed by atoms with Gasteiger partial charge in [-0.05, 0) is 0 Å². The topological polar surface area (TPSA) is 73.1 Å². The minimum Gasteiger partial charge on any atom is -0.355 e. The summed E-state index contributed by atoms with van der Waals surface area (Å²) in [6.45, 7) is 0. The van der Waals surface area contributed by atoms with Crippen LogP contribution in [0.25, 0.3) is 0 Å². The first-order valence-electron chi connectivity index (χ1n) is 3.97. The monoisotopic (exact) mass is 197 g/mol. The van der Waals surface area contributed by atoms with E-state index in [9.17, 15) is 14.4 Å². The quantitative estimate of drug-likeness (QED) is 0.592. The van der Waals surface area contributed by atoms with Gasteiger partial charge in [0, 0.05) is 27.3 Å². The van der Waals surface area contributed by atoms with Gasteiger partial charge in [0.25, 0.3) is 11.5 Å². The number of amides is 1. The lowest BCUT2D eigenvalue weighted by atomic mass is 10.3. The molecule has 0 spiro atoms. The molecule has 0 aromatic carbocycles. The first-order valence-corrected chi connectivity index (χ1v) is 3.97. The van der Waals surface area contributed by atoms with Crippen molar-refractivity contribution in [3.05, 3.63) is 32.6 Å². The van der Waals surface area contributed by atoms with Crippen LogP contribution in [0, 0.1) is 0 Å². The van der Waals surface area contributed by atoms with Crippen LogP contribution >= 0.6 is 0 Å². The highest BCUT2D eigenvalue weighted by molar-refractivity contribution is 5.93. The minimum atomic E-state index is -0.590. The second-order valence-corrected chi connectivity index (χ2v) is 2.88. The van der Waals surface area contributed by atoms with Gasteiger partial charge in [-0.15, -0.1) is 0 Å². The van der Waals surface area contributed by atoms with Crippen molar-refractivity contribution in [1.82, 2.24) is 14.5 Å². The molecule has 1 aromatic heterocycles. The van der Waals surface area contributed by atoms with Crippen LogP contribution < -0.4 is 16.6 Å². The fraction of sp³-hybridized carbons (Fsp3) is 0.375. The molecule has 1 aromatic rings. The number of aromatic nitrogens is 2. The second kappa shape index (κ2) is 3.49. The van der Waals surface area contributed by atoms with Gasteiger partial charge < -0.3 is 9.88 Å². The Balaban J connectivity index is 3.57. The summed E-state index contributed by atoms with van der Waals surface area (Å²) in [4.78, 5) is 33.9. The second-order valence-electron chi connectivity index (χ2n) is 2.88. The number of carbonyl (C=O) groups excluding carboxylic acids is 1. The standard InChI is InChI=1S/C8H11N3O3/c1-9-6(12)5-4-10(2)8(14)11(3)7(5)13/h4H,1-3H3,(H,9,12). The Kier molecular flexibility index (Phi) is 2.55. The van der Waals surface area contributed by atoms with Crippen LogP contribution in [0.15, 0.2) is 15.8 Å². The minimum absolute atomic E-state index is 0.0444. The van der Waals surface area contributed by atoms with Gasteiger partial charge >= 0.3 is 5.69 Å². The lowest BCUT2D eigenvalue weighted by Gasteiger charge is -2.04. The lowest BCUT2D eigenvalue weighted by Crippen LogP contribution is -2.41. The number of hydrogen-bond acceptors (Lipinski definition) is 3. The van der Waals surface area contributed by atoms with E-state index < -0.39 is 17.2 Å². The van der Waals surface area contributed by atoms with Crippen LogP contribution in [-0.4, -0.2) is 22.1 Å². The Morgan fingerprint density at radius 1 is 1.36 bits per heavy atom. The van der Waals surface area contributed by atoms with Crippen molar-refractivity contribution in [2.75, 3.05) is 7.05 Å². The molecule has 0 aliphatic heterocycles. The van der Waals surface area contributed by atoms with Crippen LogP contribution in [0.5, 0.6) is 0 Å². The third-order valence-corrected chi connectivity index (χ3v) is 1.92. The molecule has 0 saturated carbocycles. The maximum absolute atomic E-state index is 11.4. The summed E-state index contributed by atoms with van der Waals surface area (Å²) in [5.41, 5.74) is -1.09. The molecule has 1 N–H and O–H groups in total. The molecule has 0 radical (unpaired) electrons. The molecule has 1 rings (SSSR count). The molecule has 0 atom stereocenters. The summed E-state index contributed by atoms with van der Waals surface area (Å²) in [7, 11) is 4.23. The predicted molar refractivity (Wildman–Crippen MR) is 50.3 cm³/mol. The molecular weight excluding hydrogens is 186 g/mol. The average molecular weight is 197 g/mol. The van der Waals surface area contributed by atoms with Gasteiger partial charge in [0.2, 0.25) is 0 Å². The molecule has 0 aliphatic carbocycles. The molecular formula is C8H11N3O3. The summed E-state index contributed by atoms with van der Waals surface area (Å²) in [6, 6.07) is 0. The first kappa shape index (κ1) is 10.2. The van der Waals surface area contributed by atoms with E-state index in [2.05, 4.69) is 5.32 Å². The molecule has 14 heavy (non-hydrogen) atoms. The molecule has 0 aliphatic rings. The van der Waals surface area contributed by atoms with E-state index in [1.54, 1.807) is 0 Å². The smallest absolute Gasteiger partial charge is 0.330 e. The third-order valence-electron chi connectivity index (χ3n) is 1.92. The summed E-state index contributed by atoms with van der Waals surface area (Å²) in [6.07, 6.45) is 1.23. The number of aryl methyl sites for hydroxylation is 1. The van der Waals surface area contributed by atoms with Crippen molar-refractivity contribution in [2.45, 2.75) is 0 Å². The number of carbonyl (C=O) groups is 1. The van der Waals surface area contributed by atoms with Crippen molar-refractivity contribution in [1.29, 1.82) is 0 Å². The highest BCUT2D eigenvalue weighted by Gasteiger charge is 2.12. The number of hydrogen-bond donors (Lipinski definition) is 1. The number of rotatable bonds is 1. The van der Waals surface area contributed by atoms with Gasteiger partial charge in [0.05, 0.1) is 0 Å². The maximum atomic E-state index is 11.4. The molecule has 0 bridgehead atoms. The summed E-state index contributed by atoms with van der Waals surface area (Å²) in [5.74, 6) is -0.499. The van der Waals surface area contributed by atoms with Crippen LogP contribution in [0.2, 0.25) is 0 Å². The zero-order valence-electron chi connectivity index (χ0n) is 8.20. The van der Waals surface area contributed by atoms with Crippen LogP contribution in [0.4, 0.5) is 0 Å². The van der Waals surface area contributed by atoms with E-state index in [-0.39, 0.29) is 5.56 Å². The predicted octanol–water partition coefficient (Wildman–Crippen LogP) is -1.56. The van der Waals surface area contributed by atoms with Crippen molar-refractivity contribution in [3.8, 4) is 0 Å². The Bertz CT molecular complexity index is 484. The van der Waals surface area contributed by atoms with Crippen molar-refractivity contribution in [3.63, 3.8) is 0 Å². The SMILES string of the molecule is CNC(=O)c1cn(C)c(=O)n(C)c1=O. The van der Waals surface area contributed by atoms with Crippen molar-refractivity contribution >= 4 is 5.91 Å². The zero-order valence-corrected chi connectivity index (χ0v) is 8.20. The maximum Gasteiger partial charge on any atom is 0.330 e. The zero-order chi connectivity index (χ0) is 10.9. The molecule has 1 heterocycles. The van der Waals surface area contributed by atoms with Crippen LogP contribution in [0.3, 0.4) is 0 Å². The largest absolute Gasteiger partial charge is 0.355 e. The van der Waals surface area contributed by atoms with Gasteiger partial charge in [-0.3, -0.25) is 14.2 Å². The molecule has 0 unspecified atom stereocenters. The van der Waals surface area contributed by atoms with Crippen molar-refractivity contribution in [2.24, 2.45) is 14.1 Å². The Labute approximate surface area is 79.8 Å². The molecule has 1 amide bonds. The Hall–Kier alpha value is -1.85. The highest BCUT2D eigenvalue weighted by Crippen LogP contribution is 1.86. The normalized spacial score (nSPS) is 9.93. The molecule has 76 valence electrons. The van der Waals surface area contributed by atoms with E-state index in [0.29, 0.717) is 0 Å². The molecule has 6 heteroatoms. The third kappa shape index (κ3) is 1.46. The lowest BCUT2D eigenvalue weighted by molar-refractivity contribution is 0.0960. The first-order chi connectivity index (χ1) is 6.49. The number of nitrogens with zero attached hydrogens (tertiary/aromatic N) is 2. The van der Waals surface area contributed by atoms with Crippen LogP contribution in [0.1, 0.15) is 10.4 Å². The Morgan fingerprint density at radius 2 is 1.93 bits per heavy atom. The molecule has 6 nitrogen and oxygen atoms in total. The molecule has 0 saturated heterocycles. The average Bonchev–Trinajstić information content (AvgIpc) is 2.19. The summed E-state index contributed by atoms with van der Waals surface area (Å²) < 4.78 is 2.08. The van der Waals surface area contributed by atoms with E-state index in [0.717, 1.165) is 4.57 Å². The van der Waals surface area contributed by atoms with Gasteiger partial charge in [-0.1, -0.05) is 0 Å². The van der Waals surface area contributed by atoms with Crippen LogP contribution in [-0.2, 0) is 14.1 Å². The Morgan fingerprint density at radius 3 is 2.43 bits per heavy atom. The summed E-state index contributed by atoms with van der Waals surface area (Å²) >= 11 is 0. The van der Waals surface area contributed by atoms with Gasteiger partial charge in [0.1, 0.15) is 5.56 Å². The van der Waals surface area contributed by atoms with E-state index in [4.69, 9.17) is 0 Å². The molecule has 0 fully saturated rings. The highest BCUT2D eigenvalue weighted by atomic mass is 16.2.